The molecule has 5 rings (SSSR count). The van der Waals surface area contributed by atoms with Crippen molar-refractivity contribution in [1.82, 2.24) is 0 Å². The molecule has 5 aliphatic rings. The first-order valence-electron chi connectivity index (χ1n) is 5.97. The van der Waals surface area contributed by atoms with Crippen molar-refractivity contribution in [2.75, 3.05) is 0 Å². The summed E-state index contributed by atoms with van der Waals surface area (Å²) in [6.07, 6.45) is 4.22. The zero-order valence-corrected chi connectivity index (χ0v) is 8.63. The van der Waals surface area contributed by atoms with Crippen LogP contribution in [0.4, 0.5) is 0 Å². The third-order valence-electron chi connectivity index (χ3n) is 5.12. The van der Waals surface area contributed by atoms with Crippen LogP contribution in [0.1, 0.15) is 13.3 Å². The standard InChI is InChI=1S/C12H14O3/c1-4-2-7-8-5-3-6-9(8)10(4)14-12(6)15-11(5)13-7/h2,5-12H,3H2,1H3/t5-,6+,7+,8+,9-,10-,11-,12+/m1/s1. The van der Waals surface area contributed by atoms with Gasteiger partial charge in [0.2, 0.25) is 0 Å². The highest BCUT2D eigenvalue weighted by molar-refractivity contribution is 5.26. The SMILES string of the molecule is CC1=C[C@@H]2O[C@@H]3O[C@@H]4O[C@H]1[C@@H]1[C@@H]4C[C@@H]3[C@H]12. The molecule has 0 unspecified atom stereocenters. The second-order valence-corrected chi connectivity index (χ2v) is 5.66. The Balaban J connectivity index is 1.78. The molecular weight excluding hydrogens is 192 g/mol. The maximum Gasteiger partial charge on any atom is 0.164 e. The second kappa shape index (κ2) is 2.17. The van der Waals surface area contributed by atoms with Crippen LogP contribution < -0.4 is 0 Å². The number of ether oxygens (including phenoxy) is 3. The summed E-state index contributed by atoms with van der Waals surface area (Å²) >= 11 is 0. The molecule has 0 aromatic heterocycles. The molecule has 0 amide bonds. The topological polar surface area (TPSA) is 27.7 Å². The van der Waals surface area contributed by atoms with Gasteiger partial charge in [0.15, 0.2) is 12.6 Å². The Morgan fingerprint density at radius 3 is 2.80 bits per heavy atom. The molecule has 3 saturated heterocycles. The van der Waals surface area contributed by atoms with Crippen LogP contribution in [0.3, 0.4) is 0 Å². The number of hydrogen-bond acceptors (Lipinski definition) is 3. The highest BCUT2D eigenvalue weighted by Crippen LogP contribution is 2.63. The van der Waals surface area contributed by atoms with E-state index in [4.69, 9.17) is 14.2 Å². The highest BCUT2D eigenvalue weighted by atomic mass is 16.8. The van der Waals surface area contributed by atoms with Crippen LogP contribution >= 0.6 is 0 Å². The van der Waals surface area contributed by atoms with Gasteiger partial charge in [-0.15, -0.1) is 0 Å². The van der Waals surface area contributed by atoms with Crippen molar-refractivity contribution in [3.8, 4) is 0 Å². The average Bonchev–Trinajstić information content (AvgIpc) is 2.80. The van der Waals surface area contributed by atoms with Gasteiger partial charge in [-0.05, 0) is 18.9 Å². The lowest BCUT2D eigenvalue weighted by molar-refractivity contribution is -0.267. The van der Waals surface area contributed by atoms with Crippen LogP contribution in [0.5, 0.6) is 0 Å². The average molecular weight is 206 g/mol. The second-order valence-electron chi connectivity index (χ2n) is 5.66. The molecule has 1 saturated carbocycles. The van der Waals surface area contributed by atoms with Crippen molar-refractivity contribution in [2.45, 2.75) is 38.1 Å². The van der Waals surface area contributed by atoms with Crippen LogP contribution in [0.2, 0.25) is 0 Å². The summed E-state index contributed by atoms with van der Waals surface area (Å²) in [5, 5.41) is 0. The quantitative estimate of drug-likeness (QED) is 0.559. The molecule has 0 aromatic carbocycles. The van der Waals surface area contributed by atoms with Crippen LogP contribution in [0.15, 0.2) is 11.6 Å². The van der Waals surface area contributed by atoms with Gasteiger partial charge >= 0.3 is 0 Å². The molecule has 3 nitrogen and oxygen atoms in total. The van der Waals surface area contributed by atoms with Crippen LogP contribution in [0, 0.1) is 23.7 Å². The first-order chi connectivity index (χ1) is 7.33. The van der Waals surface area contributed by atoms with Crippen molar-refractivity contribution >= 4 is 0 Å². The van der Waals surface area contributed by atoms with Crippen molar-refractivity contribution in [1.29, 1.82) is 0 Å². The van der Waals surface area contributed by atoms with E-state index < -0.39 is 0 Å². The molecule has 2 aliphatic carbocycles. The fourth-order valence-corrected chi connectivity index (χ4v) is 4.67. The van der Waals surface area contributed by atoms with E-state index in [9.17, 15) is 0 Å². The Hall–Kier alpha value is -0.380. The fraction of sp³-hybridized carbons (Fsp3) is 0.833. The van der Waals surface area contributed by atoms with E-state index in [1.54, 1.807) is 0 Å². The molecule has 4 fully saturated rings. The molecular formula is C12H14O3. The van der Waals surface area contributed by atoms with Gasteiger partial charge in [-0.25, -0.2) is 0 Å². The van der Waals surface area contributed by atoms with Crippen molar-refractivity contribution in [3.05, 3.63) is 11.6 Å². The first-order valence-corrected chi connectivity index (χ1v) is 5.97. The molecule has 3 heteroatoms. The summed E-state index contributed by atoms with van der Waals surface area (Å²) in [5.74, 6) is 2.66. The molecule has 0 N–H and O–H groups in total. The molecule has 0 spiro atoms. The first kappa shape index (κ1) is 7.82. The lowest BCUT2D eigenvalue weighted by Crippen LogP contribution is -2.36. The number of rotatable bonds is 0. The Kier molecular flexibility index (Phi) is 1.13. The van der Waals surface area contributed by atoms with E-state index >= 15 is 0 Å². The van der Waals surface area contributed by atoms with E-state index in [1.165, 1.54) is 12.0 Å². The maximum absolute atomic E-state index is 6.03. The molecule has 8 atom stereocenters. The van der Waals surface area contributed by atoms with E-state index in [-0.39, 0.29) is 12.6 Å². The predicted octanol–water partition coefficient (Wildman–Crippen LogP) is 1.29. The van der Waals surface area contributed by atoms with Crippen molar-refractivity contribution in [2.24, 2.45) is 23.7 Å². The van der Waals surface area contributed by atoms with Gasteiger partial charge in [-0.2, -0.15) is 0 Å². The Morgan fingerprint density at radius 1 is 1.07 bits per heavy atom. The van der Waals surface area contributed by atoms with Crippen molar-refractivity contribution < 1.29 is 14.2 Å². The molecule has 0 aromatic rings. The number of hydrogen-bond donors (Lipinski definition) is 0. The Labute approximate surface area is 88.4 Å². The van der Waals surface area contributed by atoms with E-state index in [1.807, 2.05) is 0 Å². The Bertz CT molecular complexity index is 377. The normalized spacial score (nSPS) is 67.7. The maximum atomic E-state index is 6.03. The van der Waals surface area contributed by atoms with E-state index in [2.05, 4.69) is 13.0 Å². The molecule has 15 heavy (non-hydrogen) atoms. The van der Waals surface area contributed by atoms with Crippen LogP contribution in [-0.4, -0.2) is 24.8 Å². The Morgan fingerprint density at radius 2 is 1.87 bits per heavy atom. The molecule has 3 heterocycles. The predicted molar refractivity (Wildman–Crippen MR) is 50.7 cm³/mol. The molecule has 3 aliphatic heterocycles. The van der Waals surface area contributed by atoms with E-state index in [0.717, 1.165) is 0 Å². The lowest BCUT2D eigenvalue weighted by atomic mass is 9.75. The summed E-state index contributed by atoms with van der Waals surface area (Å²) in [5.41, 5.74) is 1.36. The van der Waals surface area contributed by atoms with Gasteiger partial charge in [-0.3, -0.25) is 0 Å². The summed E-state index contributed by atoms with van der Waals surface area (Å²) in [7, 11) is 0. The van der Waals surface area contributed by atoms with Gasteiger partial charge in [0.25, 0.3) is 0 Å². The van der Waals surface area contributed by atoms with E-state index in [0.29, 0.717) is 35.9 Å². The van der Waals surface area contributed by atoms with Crippen molar-refractivity contribution in [3.63, 3.8) is 0 Å². The minimum absolute atomic E-state index is 0.0219. The smallest absolute Gasteiger partial charge is 0.164 e. The van der Waals surface area contributed by atoms with Crippen LogP contribution in [0.25, 0.3) is 0 Å². The minimum atomic E-state index is 0.0219. The highest BCUT2D eigenvalue weighted by Gasteiger charge is 2.68. The van der Waals surface area contributed by atoms with Gasteiger partial charge in [0.05, 0.1) is 12.2 Å². The lowest BCUT2D eigenvalue weighted by Gasteiger charge is -2.31. The molecule has 2 bridgehead atoms. The van der Waals surface area contributed by atoms with Gasteiger partial charge < -0.3 is 14.2 Å². The summed E-state index contributed by atoms with van der Waals surface area (Å²) < 4.78 is 17.9. The molecule has 0 radical (unpaired) electrons. The third kappa shape index (κ3) is 0.690. The van der Waals surface area contributed by atoms with Gasteiger partial charge in [-0.1, -0.05) is 6.08 Å². The summed E-state index contributed by atoms with van der Waals surface area (Å²) in [4.78, 5) is 0. The largest absolute Gasteiger partial charge is 0.345 e. The minimum Gasteiger partial charge on any atom is -0.345 e. The van der Waals surface area contributed by atoms with Gasteiger partial charge in [0.1, 0.15) is 0 Å². The van der Waals surface area contributed by atoms with Crippen LogP contribution in [-0.2, 0) is 14.2 Å². The zero-order chi connectivity index (χ0) is 9.73. The van der Waals surface area contributed by atoms with Gasteiger partial charge in [0, 0.05) is 23.7 Å². The molecule has 80 valence electrons. The monoisotopic (exact) mass is 206 g/mol. The third-order valence-corrected chi connectivity index (χ3v) is 5.12. The fourth-order valence-electron chi connectivity index (χ4n) is 4.67. The summed E-state index contributed by atoms with van der Waals surface area (Å²) in [6.45, 7) is 2.18. The summed E-state index contributed by atoms with van der Waals surface area (Å²) in [6, 6.07) is 0. The zero-order valence-electron chi connectivity index (χ0n) is 8.63.